The Morgan fingerprint density at radius 1 is 1.32 bits per heavy atom. The van der Waals surface area contributed by atoms with Crippen molar-refractivity contribution >= 4 is 17.8 Å². The summed E-state index contributed by atoms with van der Waals surface area (Å²) in [5.41, 5.74) is 0.0914. The van der Waals surface area contributed by atoms with Gasteiger partial charge in [-0.1, -0.05) is 6.07 Å². The number of carbonyl (C=O) groups excluding carboxylic acids is 3. The summed E-state index contributed by atoms with van der Waals surface area (Å²) in [4.78, 5) is 38.4. The van der Waals surface area contributed by atoms with Crippen LogP contribution in [0.4, 0.5) is 4.79 Å². The van der Waals surface area contributed by atoms with Crippen LogP contribution in [0.5, 0.6) is 5.75 Å². The molecular formula is C15H14N6O4. The molecule has 2 aliphatic heterocycles. The number of nitrogens with zero attached hydrogens (tertiary/aromatic N) is 3. The van der Waals surface area contributed by atoms with Crippen LogP contribution in [0.25, 0.3) is 0 Å². The normalized spacial score (nSPS) is 22.0. The van der Waals surface area contributed by atoms with Crippen molar-refractivity contribution in [3.63, 3.8) is 0 Å². The van der Waals surface area contributed by atoms with Gasteiger partial charge in [-0.25, -0.2) is 4.79 Å². The quantitative estimate of drug-likeness (QED) is 0.643. The fourth-order valence-corrected chi connectivity index (χ4v) is 3.15. The molecule has 0 unspecified atom stereocenters. The summed E-state index contributed by atoms with van der Waals surface area (Å²) in [6.07, 6.45) is 1.35. The number of fused-ring (bicyclic) bond motifs is 1. The Hall–Kier alpha value is -3.43. The van der Waals surface area contributed by atoms with Gasteiger partial charge in [-0.3, -0.25) is 14.9 Å². The number of aromatic amines is 1. The number of nitrogens with one attached hydrogen (secondary N) is 3. The second kappa shape index (κ2) is 5.30. The highest BCUT2D eigenvalue weighted by atomic mass is 16.5. The minimum absolute atomic E-state index is 0.0626. The molecule has 10 nitrogen and oxygen atoms in total. The third-order valence-electron chi connectivity index (χ3n) is 4.42. The molecule has 0 spiro atoms. The van der Waals surface area contributed by atoms with Crippen LogP contribution < -0.4 is 15.4 Å². The highest BCUT2D eigenvalue weighted by molar-refractivity contribution is 6.08. The third kappa shape index (κ3) is 2.22. The number of H-pyrrole nitrogens is 1. The summed E-state index contributed by atoms with van der Waals surface area (Å²) in [5.74, 6) is -0.245. The van der Waals surface area contributed by atoms with Crippen molar-refractivity contribution in [3.8, 4) is 5.75 Å². The molecule has 2 aromatic rings. The molecule has 1 aromatic heterocycles. The molecule has 1 aromatic carbocycles. The summed E-state index contributed by atoms with van der Waals surface area (Å²) in [7, 11) is 1.52. The molecule has 0 saturated carbocycles. The molecule has 0 radical (unpaired) electrons. The van der Waals surface area contributed by atoms with Gasteiger partial charge in [0.05, 0.1) is 19.9 Å². The third-order valence-corrected chi connectivity index (χ3v) is 4.42. The number of hydrogen-bond acceptors (Lipinski definition) is 6. The average Bonchev–Trinajstić information content (AvgIpc) is 3.29. The van der Waals surface area contributed by atoms with Crippen LogP contribution in [-0.2, 0) is 16.9 Å². The Bertz CT molecular complexity index is 880. The van der Waals surface area contributed by atoms with Gasteiger partial charge in [-0.2, -0.15) is 15.4 Å². The number of benzene rings is 1. The first-order valence-electron chi connectivity index (χ1n) is 7.49. The van der Waals surface area contributed by atoms with Gasteiger partial charge >= 0.3 is 6.03 Å². The molecule has 3 N–H and O–H groups in total. The fraction of sp³-hybridized carbons (Fsp3) is 0.267. The van der Waals surface area contributed by atoms with Crippen molar-refractivity contribution in [2.75, 3.05) is 13.7 Å². The van der Waals surface area contributed by atoms with E-state index in [-0.39, 0.29) is 18.1 Å². The van der Waals surface area contributed by atoms with E-state index < -0.39 is 17.5 Å². The number of carbonyl (C=O) groups is 3. The maximum absolute atomic E-state index is 12.7. The Morgan fingerprint density at radius 3 is 2.80 bits per heavy atom. The van der Waals surface area contributed by atoms with Crippen LogP contribution in [-0.4, -0.2) is 51.8 Å². The maximum Gasteiger partial charge on any atom is 0.322 e. The van der Waals surface area contributed by atoms with Gasteiger partial charge in [-0.05, 0) is 17.7 Å². The molecule has 2 aliphatic rings. The topological polar surface area (TPSA) is 129 Å². The number of methoxy groups -OCH3 is 1. The lowest BCUT2D eigenvalue weighted by molar-refractivity contribution is -0.125. The number of hydrogen-bond donors (Lipinski definition) is 3. The molecule has 4 amide bonds. The lowest BCUT2D eigenvalue weighted by atomic mass is 9.95. The highest BCUT2D eigenvalue weighted by Gasteiger charge is 2.52. The summed E-state index contributed by atoms with van der Waals surface area (Å²) in [5, 5.41) is 14.8. The number of amides is 4. The molecule has 25 heavy (non-hydrogen) atoms. The molecule has 10 heteroatoms. The SMILES string of the molecule is COc1ccc2c(c1)C(=O)N(C[C@@]1(c3cn[nH]n3)NC(=O)NC1=O)C2. The van der Waals surface area contributed by atoms with Gasteiger partial charge in [-0.15, -0.1) is 0 Å². The van der Waals surface area contributed by atoms with E-state index in [9.17, 15) is 14.4 Å². The number of aromatic nitrogens is 3. The summed E-state index contributed by atoms with van der Waals surface area (Å²) >= 11 is 0. The molecule has 1 saturated heterocycles. The van der Waals surface area contributed by atoms with Gasteiger partial charge in [0.1, 0.15) is 11.4 Å². The van der Waals surface area contributed by atoms with Crippen molar-refractivity contribution < 1.29 is 19.1 Å². The van der Waals surface area contributed by atoms with Crippen molar-refractivity contribution in [1.82, 2.24) is 30.9 Å². The van der Waals surface area contributed by atoms with E-state index in [1.807, 2.05) is 6.07 Å². The van der Waals surface area contributed by atoms with Gasteiger partial charge in [0.2, 0.25) is 0 Å². The minimum Gasteiger partial charge on any atom is -0.497 e. The van der Waals surface area contributed by atoms with E-state index >= 15 is 0 Å². The lowest BCUT2D eigenvalue weighted by Crippen LogP contribution is -2.53. The molecule has 0 bridgehead atoms. The van der Waals surface area contributed by atoms with Crippen LogP contribution in [0.3, 0.4) is 0 Å². The summed E-state index contributed by atoms with van der Waals surface area (Å²) < 4.78 is 5.15. The Kier molecular flexibility index (Phi) is 3.20. The molecule has 3 heterocycles. The Morgan fingerprint density at radius 2 is 2.16 bits per heavy atom. The largest absolute Gasteiger partial charge is 0.497 e. The molecule has 4 rings (SSSR count). The molecular weight excluding hydrogens is 328 g/mol. The van der Waals surface area contributed by atoms with Crippen molar-refractivity contribution in [3.05, 3.63) is 41.2 Å². The smallest absolute Gasteiger partial charge is 0.322 e. The lowest BCUT2D eigenvalue weighted by Gasteiger charge is -2.28. The first-order valence-corrected chi connectivity index (χ1v) is 7.49. The van der Waals surface area contributed by atoms with E-state index in [2.05, 4.69) is 26.0 Å². The van der Waals surface area contributed by atoms with Crippen molar-refractivity contribution in [2.45, 2.75) is 12.1 Å². The predicted molar refractivity (Wildman–Crippen MR) is 82.5 cm³/mol. The monoisotopic (exact) mass is 342 g/mol. The average molecular weight is 342 g/mol. The number of rotatable bonds is 4. The molecule has 0 aliphatic carbocycles. The fourth-order valence-electron chi connectivity index (χ4n) is 3.15. The zero-order valence-corrected chi connectivity index (χ0v) is 13.2. The van der Waals surface area contributed by atoms with E-state index in [4.69, 9.17) is 4.74 Å². The van der Waals surface area contributed by atoms with E-state index in [0.717, 1.165) is 5.56 Å². The Balaban J connectivity index is 1.68. The zero-order valence-electron chi connectivity index (χ0n) is 13.2. The van der Waals surface area contributed by atoms with Gasteiger partial charge in [0, 0.05) is 12.1 Å². The standard InChI is InChI=1S/C15H14N6O4/c1-25-9-3-2-8-6-21(12(22)10(8)4-9)7-15(11-5-16-20-19-11)13(23)17-14(24)18-15/h2-5H,6-7H2,1H3,(H,16,19,20)(H2,17,18,23,24)/t15-/m0/s1. The van der Waals surface area contributed by atoms with Crippen LogP contribution in [0.2, 0.25) is 0 Å². The summed E-state index contributed by atoms with van der Waals surface area (Å²) in [6, 6.07) is 4.60. The molecule has 1 atom stereocenters. The maximum atomic E-state index is 12.7. The van der Waals surface area contributed by atoms with Crippen molar-refractivity contribution in [2.24, 2.45) is 0 Å². The summed E-state index contributed by atoms with van der Waals surface area (Å²) in [6.45, 7) is 0.258. The van der Waals surface area contributed by atoms with Crippen LogP contribution >= 0.6 is 0 Å². The van der Waals surface area contributed by atoms with Gasteiger partial charge in [0.15, 0.2) is 5.54 Å². The van der Waals surface area contributed by atoms with Crippen LogP contribution in [0.1, 0.15) is 21.6 Å². The highest BCUT2D eigenvalue weighted by Crippen LogP contribution is 2.31. The van der Waals surface area contributed by atoms with E-state index in [0.29, 0.717) is 17.9 Å². The van der Waals surface area contributed by atoms with Crippen molar-refractivity contribution in [1.29, 1.82) is 0 Å². The van der Waals surface area contributed by atoms with Crippen LogP contribution in [0.15, 0.2) is 24.4 Å². The van der Waals surface area contributed by atoms with E-state index in [1.54, 1.807) is 12.1 Å². The Labute approximate surface area is 141 Å². The van der Waals surface area contributed by atoms with E-state index in [1.165, 1.54) is 18.2 Å². The second-order valence-electron chi connectivity index (χ2n) is 5.85. The predicted octanol–water partition coefficient (Wildman–Crippen LogP) is -0.496. The molecule has 1 fully saturated rings. The second-order valence-corrected chi connectivity index (χ2v) is 5.85. The number of imide groups is 1. The zero-order chi connectivity index (χ0) is 17.6. The van der Waals surface area contributed by atoms with Gasteiger partial charge < -0.3 is 15.0 Å². The van der Waals surface area contributed by atoms with Gasteiger partial charge in [0.25, 0.3) is 11.8 Å². The number of ether oxygens (including phenoxy) is 1. The van der Waals surface area contributed by atoms with Crippen LogP contribution in [0, 0.1) is 0 Å². The number of urea groups is 1. The minimum atomic E-state index is -1.48. The first-order chi connectivity index (χ1) is 12.0. The first kappa shape index (κ1) is 15.1. The molecule has 128 valence electrons.